The van der Waals surface area contributed by atoms with Crippen molar-refractivity contribution in [1.29, 1.82) is 0 Å². The molecule has 1 fully saturated rings. The molecule has 0 bridgehead atoms. The zero-order chi connectivity index (χ0) is 23.3. The molecule has 0 radical (unpaired) electrons. The first-order chi connectivity index (χ1) is 15.9. The number of hydrogen-bond donors (Lipinski definition) is 1. The number of anilines is 2. The second-order valence-electron chi connectivity index (χ2n) is 8.13. The fraction of sp³-hybridized carbons (Fsp3) is 0.333. The molecule has 1 N–H and O–H groups in total. The molecule has 3 aromatic rings. The number of halogens is 1. The van der Waals surface area contributed by atoms with Crippen LogP contribution < -0.4 is 20.4 Å². The van der Waals surface area contributed by atoms with Crippen molar-refractivity contribution in [3.05, 3.63) is 56.4 Å². The van der Waals surface area contributed by atoms with E-state index < -0.39 is 16.2 Å². The van der Waals surface area contributed by atoms with E-state index in [1.54, 1.807) is 4.57 Å². The predicted molar refractivity (Wildman–Crippen MR) is 117 cm³/mol. The molecular weight excluding hydrogens is 435 g/mol. The molecule has 5 rings (SSSR count). The van der Waals surface area contributed by atoms with Crippen LogP contribution in [-0.2, 0) is 0 Å². The summed E-state index contributed by atoms with van der Waals surface area (Å²) in [7, 11) is 0. The van der Waals surface area contributed by atoms with E-state index >= 15 is 4.39 Å². The van der Waals surface area contributed by atoms with Crippen LogP contribution in [0.15, 0.2) is 29.5 Å². The summed E-state index contributed by atoms with van der Waals surface area (Å²) >= 11 is 0. The third-order valence-electron chi connectivity index (χ3n) is 5.98. The van der Waals surface area contributed by atoms with Crippen molar-refractivity contribution in [1.82, 2.24) is 14.5 Å². The Labute approximate surface area is 186 Å². The van der Waals surface area contributed by atoms with Gasteiger partial charge >= 0.3 is 5.69 Å². The third kappa shape index (κ3) is 3.43. The lowest BCUT2D eigenvalue weighted by molar-refractivity contribution is -0.385. The molecule has 1 unspecified atom stereocenters. The summed E-state index contributed by atoms with van der Waals surface area (Å²) < 4.78 is 23.0. The van der Waals surface area contributed by atoms with Gasteiger partial charge in [0.2, 0.25) is 5.95 Å². The zero-order valence-corrected chi connectivity index (χ0v) is 17.5. The first-order valence-corrected chi connectivity index (χ1v) is 10.3. The molecule has 1 saturated heterocycles. The van der Waals surface area contributed by atoms with Crippen LogP contribution in [0.2, 0.25) is 0 Å². The Morgan fingerprint density at radius 1 is 1.36 bits per heavy atom. The van der Waals surface area contributed by atoms with Gasteiger partial charge in [0, 0.05) is 25.3 Å². The van der Waals surface area contributed by atoms with Crippen LogP contribution in [0.3, 0.4) is 0 Å². The Morgan fingerprint density at radius 2 is 2.12 bits per heavy atom. The number of carbonyl (C=O) groups excluding carboxylic acids is 1. The van der Waals surface area contributed by atoms with Crippen molar-refractivity contribution in [3.8, 4) is 5.75 Å². The molecule has 12 heteroatoms. The number of aldehydes is 1. The molecular formula is C21H19FN6O5. The van der Waals surface area contributed by atoms with Crippen LogP contribution in [0.1, 0.15) is 29.7 Å². The van der Waals surface area contributed by atoms with Gasteiger partial charge in [0.05, 0.1) is 27.4 Å². The van der Waals surface area contributed by atoms with Crippen molar-refractivity contribution in [2.75, 3.05) is 29.9 Å². The summed E-state index contributed by atoms with van der Waals surface area (Å²) in [6, 6.07) is 0.905. The van der Waals surface area contributed by atoms with Gasteiger partial charge < -0.3 is 19.5 Å². The highest BCUT2D eigenvalue weighted by Crippen LogP contribution is 2.42. The fourth-order valence-electron chi connectivity index (χ4n) is 4.37. The number of carbonyl (C=O) groups is 1. The van der Waals surface area contributed by atoms with Gasteiger partial charge in [-0.25, -0.2) is 14.4 Å². The van der Waals surface area contributed by atoms with Gasteiger partial charge in [-0.05, 0) is 19.4 Å². The van der Waals surface area contributed by atoms with Crippen LogP contribution in [0.5, 0.6) is 5.75 Å². The number of aromatic nitrogens is 3. The minimum absolute atomic E-state index is 0.0251. The second kappa shape index (κ2) is 7.80. The third-order valence-corrected chi connectivity index (χ3v) is 5.98. The summed E-state index contributed by atoms with van der Waals surface area (Å²) in [5.74, 6) is -0.0797. The van der Waals surface area contributed by atoms with Crippen molar-refractivity contribution in [2.45, 2.75) is 25.4 Å². The molecule has 11 nitrogen and oxygen atoms in total. The Balaban J connectivity index is 1.48. The van der Waals surface area contributed by atoms with Crippen molar-refractivity contribution in [3.63, 3.8) is 0 Å². The molecule has 2 aliphatic heterocycles. The van der Waals surface area contributed by atoms with Crippen molar-refractivity contribution in [2.24, 2.45) is 0 Å². The zero-order valence-electron chi connectivity index (χ0n) is 17.5. The van der Waals surface area contributed by atoms with Gasteiger partial charge in [-0.2, -0.15) is 0 Å². The maximum atomic E-state index is 15.3. The molecule has 170 valence electrons. The SMILES string of the molecule is C[C@H]1COc2c(N3CCC(Nc4ncc([N+](=O)[O-])cn4)C3)c(F)cc3c(=O)c(C=O)cn1c23. The first kappa shape index (κ1) is 20.8. The van der Waals surface area contributed by atoms with Gasteiger partial charge in [-0.15, -0.1) is 0 Å². The molecule has 0 aliphatic carbocycles. The molecule has 2 aliphatic rings. The van der Waals surface area contributed by atoms with Gasteiger partial charge in [0.1, 0.15) is 24.7 Å². The van der Waals surface area contributed by atoms with Gasteiger partial charge in [-0.1, -0.05) is 0 Å². The molecule has 0 spiro atoms. The van der Waals surface area contributed by atoms with Crippen LogP contribution >= 0.6 is 0 Å². The number of rotatable bonds is 5. The molecule has 1 aromatic carbocycles. The maximum absolute atomic E-state index is 15.3. The highest BCUT2D eigenvalue weighted by molar-refractivity contribution is 5.94. The van der Waals surface area contributed by atoms with Gasteiger partial charge in [0.15, 0.2) is 23.3 Å². The number of benzene rings is 1. The Kier molecular flexibility index (Phi) is 4.91. The monoisotopic (exact) mass is 454 g/mol. The van der Waals surface area contributed by atoms with Gasteiger partial charge in [0.25, 0.3) is 0 Å². The summed E-state index contributed by atoms with van der Waals surface area (Å²) in [5.41, 5.74) is -0.0351. The van der Waals surface area contributed by atoms with E-state index in [-0.39, 0.29) is 52.7 Å². The van der Waals surface area contributed by atoms with Crippen LogP contribution in [0.4, 0.5) is 21.7 Å². The lowest BCUT2D eigenvalue weighted by atomic mass is 10.1. The van der Waals surface area contributed by atoms with E-state index in [0.29, 0.717) is 31.3 Å². The molecule has 33 heavy (non-hydrogen) atoms. The topological polar surface area (TPSA) is 132 Å². The standard InChI is InChI=1S/C21H19FN6O5/c1-11-10-33-20-17-15(19(30)12(9-29)7-27(11)17)4-16(22)18(20)26-3-2-13(8-26)25-21-23-5-14(6-24-21)28(31)32/h4-7,9,11,13H,2-3,8,10H2,1H3,(H,23,24,25)/t11-,13?/m0/s1. The summed E-state index contributed by atoms with van der Waals surface area (Å²) in [5, 5.41) is 14.0. The predicted octanol–water partition coefficient (Wildman–Crippen LogP) is 2.30. The quantitative estimate of drug-likeness (QED) is 0.350. The van der Waals surface area contributed by atoms with Gasteiger partial charge in [-0.3, -0.25) is 19.7 Å². The molecule has 0 saturated carbocycles. The Morgan fingerprint density at radius 3 is 2.82 bits per heavy atom. The smallest absolute Gasteiger partial charge is 0.305 e. The van der Waals surface area contributed by atoms with E-state index in [9.17, 15) is 19.7 Å². The molecule has 0 amide bonds. The highest BCUT2D eigenvalue weighted by atomic mass is 19.1. The normalized spacial score (nSPS) is 19.4. The Bertz CT molecular complexity index is 1340. The lowest BCUT2D eigenvalue weighted by Gasteiger charge is -2.31. The average Bonchev–Trinajstić information content (AvgIpc) is 3.25. The average molecular weight is 454 g/mol. The van der Waals surface area contributed by atoms with Crippen molar-refractivity contribution >= 4 is 34.5 Å². The van der Waals surface area contributed by atoms with Crippen LogP contribution in [-0.4, -0.2) is 51.5 Å². The number of nitrogens with zero attached hydrogens (tertiary/aromatic N) is 5. The second-order valence-corrected chi connectivity index (χ2v) is 8.13. The Hall–Kier alpha value is -4.09. The lowest BCUT2D eigenvalue weighted by Crippen LogP contribution is -2.30. The number of nitro groups is 1. The summed E-state index contributed by atoms with van der Waals surface area (Å²) in [4.78, 5) is 44.0. The van der Waals surface area contributed by atoms with E-state index in [2.05, 4.69) is 15.3 Å². The summed E-state index contributed by atoms with van der Waals surface area (Å²) in [6.07, 6.45) is 4.87. The largest absolute Gasteiger partial charge is 0.487 e. The minimum Gasteiger partial charge on any atom is -0.487 e. The molecule has 2 aromatic heterocycles. The van der Waals surface area contributed by atoms with E-state index in [1.165, 1.54) is 12.3 Å². The number of pyridine rings is 1. The van der Waals surface area contributed by atoms with Crippen LogP contribution in [0, 0.1) is 15.9 Å². The first-order valence-electron chi connectivity index (χ1n) is 10.3. The van der Waals surface area contributed by atoms with E-state index in [0.717, 1.165) is 12.4 Å². The van der Waals surface area contributed by atoms with E-state index in [1.807, 2.05) is 11.8 Å². The number of nitrogens with one attached hydrogen (secondary N) is 1. The highest BCUT2D eigenvalue weighted by Gasteiger charge is 2.32. The van der Waals surface area contributed by atoms with Crippen LogP contribution in [0.25, 0.3) is 10.9 Å². The van der Waals surface area contributed by atoms with Crippen molar-refractivity contribution < 1.29 is 18.8 Å². The number of hydrogen-bond acceptors (Lipinski definition) is 9. The maximum Gasteiger partial charge on any atom is 0.305 e. The number of ether oxygens (including phenoxy) is 1. The minimum atomic E-state index is -0.606. The van der Waals surface area contributed by atoms with E-state index in [4.69, 9.17) is 4.74 Å². The molecule has 2 atom stereocenters. The summed E-state index contributed by atoms with van der Waals surface area (Å²) in [6.45, 7) is 3.08. The fourth-order valence-corrected chi connectivity index (χ4v) is 4.37. The molecule has 4 heterocycles.